The van der Waals surface area contributed by atoms with Gasteiger partial charge >= 0.3 is 0 Å². The molecule has 1 heterocycles. The maximum Gasteiger partial charge on any atom is 0.213 e. The van der Waals surface area contributed by atoms with E-state index in [1.807, 2.05) is 0 Å². The van der Waals surface area contributed by atoms with E-state index >= 15 is 0 Å². The van der Waals surface area contributed by atoms with Crippen molar-refractivity contribution in [2.75, 3.05) is 18.8 Å². The van der Waals surface area contributed by atoms with Gasteiger partial charge in [-0.05, 0) is 19.8 Å². The topological polar surface area (TPSA) is 87.2 Å². The second-order valence-electron chi connectivity index (χ2n) is 3.55. The molecular weight excluding hydrogens is 202 g/mol. The average Bonchev–Trinajstić information content (AvgIpc) is 2.18. The molecule has 0 amide bonds. The van der Waals surface area contributed by atoms with E-state index in [1.165, 1.54) is 4.31 Å². The average molecular weight is 219 g/mol. The largest absolute Gasteiger partial charge is 0.387 e. The Morgan fingerprint density at radius 2 is 2.29 bits per heavy atom. The summed E-state index contributed by atoms with van der Waals surface area (Å²) in [6, 6.07) is 0. The number of nitrogens with one attached hydrogen (secondary N) is 1. The van der Waals surface area contributed by atoms with Crippen LogP contribution in [-0.2, 0) is 10.0 Å². The predicted molar refractivity (Wildman–Crippen MR) is 55.7 cm³/mol. The molecule has 14 heavy (non-hydrogen) atoms. The Hall–Kier alpha value is -0.620. The van der Waals surface area contributed by atoms with Crippen molar-refractivity contribution < 1.29 is 8.42 Å². The highest BCUT2D eigenvalue weighted by Gasteiger charge is 2.28. The Bertz CT molecular complexity index is 313. The first kappa shape index (κ1) is 11.5. The smallest absolute Gasteiger partial charge is 0.213 e. The molecule has 1 aliphatic rings. The van der Waals surface area contributed by atoms with Crippen LogP contribution >= 0.6 is 0 Å². The molecule has 0 aromatic carbocycles. The molecule has 0 aliphatic carbocycles. The number of sulfonamides is 1. The third-order valence-corrected chi connectivity index (χ3v) is 4.43. The molecule has 1 fully saturated rings. The maximum absolute atomic E-state index is 11.5. The second kappa shape index (κ2) is 4.27. The summed E-state index contributed by atoms with van der Waals surface area (Å²) in [5.41, 5.74) is 5.38. The molecule has 0 saturated carbocycles. The lowest BCUT2D eigenvalue weighted by atomic mass is 9.99. The molecule has 82 valence electrons. The van der Waals surface area contributed by atoms with Gasteiger partial charge in [-0.2, -0.15) is 0 Å². The van der Waals surface area contributed by atoms with E-state index < -0.39 is 10.0 Å². The highest BCUT2D eigenvalue weighted by molar-refractivity contribution is 7.89. The van der Waals surface area contributed by atoms with Crippen molar-refractivity contribution in [3.63, 3.8) is 0 Å². The van der Waals surface area contributed by atoms with Crippen LogP contribution in [0.3, 0.4) is 0 Å². The molecule has 1 rings (SSSR count). The number of hydrogen-bond donors (Lipinski definition) is 2. The van der Waals surface area contributed by atoms with E-state index in [4.69, 9.17) is 11.1 Å². The fraction of sp³-hybridized carbons (Fsp3) is 0.875. The molecule has 0 aromatic heterocycles. The number of hydrogen-bond acceptors (Lipinski definition) is 3. The number of nitrogens with zero attached hydrogens (tertiary/aromatic N) is 1. The number of piperidine rings is 1. The van der Waals surface area contributed by atoms with Gasteiger partial charge in [0.2, 0.25) is 10.0 Å². The van der Waals surface area contributed by atoms with E-state index in [0.29, 0.717) is 13.1 Å². The summed E-state index contributed by atoms with van der Waals surface area (Å²) in [7, 11) is -3.11. The van der Waals surface area contributed by atoms with Crippen LogP contribution in [0.25, 0.3) is 0 Å². The normalized spacial score (nSPS) is 24.8. The minimum Gasteiger partial charge on any atom is -0.387 e. The first-order valence-electron chi connectivity index (χ1n) is 4.79. The third-order valence-electron chi connectivity index (χ3n) is 2.58. The summed E-state index contributed by atoms with van der Waals surface area (Å²) in [6.07, 6.45) is 1.62. The highest BCUT2D eigenvalue weighted by Crippen LogP contribution is 2.18. The lowest BCUT2D eigenvalue weighted by Crippen LogP contribution is -2.44. The van der Waals surface area contributed by atoms with Crippen LogP contribution in [0.15, 0.2) is 0 Å². The number of rotatable bonds is 3. The molecule has 1 aliphatic heterocycles. The van der Waals surface area contributed by atoms with Gasteiger partial charge < -0.3 is 5.73 Å². The van der Waals surface area contributed by atoms with Gasteiger partial charge in [0.05, 0.1) is 11.6 Å². The molecule has 1 atom stereocenters. The van der Waals surface area contributed by atoms with Gasteiger partial charge in [-0.15, -0.1) is 0 Å². The molecule has 0 aromatic rings. The Labute approximate surface area is 84.8 Å². The highest BCUT2D eigenvalue weighted by atomic mass is 32.2. The summed E-state index contributed by atoms with van der Waals surface area (Å²) in [4.78, 5) is 0. The van der Waals surface area contributed by atoms with Crippen LogP contribution in [0, 0.1) is 11.3 Å². The number of amidine groups is 1. The Morgan fingerprint density at radius 3 is 2.79 bits per heavy atom. The van der Waals surface area contributed by atoms with Gasteiger partial charge in [-0.1, -0.05) is 0 Å². The minimum atomic E-state index is -3.11. The summed E-state index contributed by atoms with van der Waals surface area (Å²) >= 11 is 0. The van der Waals surface area contributed by atoms with E-state index in [1.54, 1.807) is 6.92 Å². The van der Waals surface area contributed by atoms with Gasteiger partial charge in [0, 0.05) is 19.0 Å². The molecule has 0 radical (unpaired) electrons. The molecule has 3 N–H and O–H groups in total. The zero-order chi connectivity index (χ0) is 10.8. The lowest BCUT2D eigenvalue weighted by Gasteiger charge is -2.30. The van der Waals surface area contributed by atoms with Crippen molar-refractivity contribution in [1.82, 2.24) is 4.31 Å². The number of nitrogens with two attached hydrogens (primary N) is 1. The lowest BCUT2D eigenvalue weighted by molar-refractivity contribution is 0.311. The van der Waals surface area contributed by atoms with Crippen LogP contribution < -0.4 is 5.73 Å². The van der Waals surface area contributed by atoms with Crippen molar-refractivity contribution in [2.45, 2.75) is 19.8 Å². The Kier molecular flexibility index (Phi) is 3.49. The van der Waals surface area contributed by atoms with Crippen molar-refractivity contribution in [1.29, 1.82) is 5.41 Å². The summed E-state index contributed by atoms with van der Waals surface area (Å²) in [5.74, 6) is 0.128. The Morgan fingerprint density at radius 1 is 1.64 bits per heavy atom. The van der Waals surface area contributed by atoms with E-state index in [9.17, 15) is 8.42 Å². The fourth-order valence-corrected chi connectivity index (χ4v) is 2.81. The van der Waals surface area contributed by atoms with Crippen LogP contribution in [0.2, 0.25) is 0 Å². The van der Waals surface area contributed by atoms with Gasteiger partial charge in [-0.3, -0.25) is 5.41 Å². The zero-order valence-electron chi connectivity index (χ0n) is 8.36. The standard InChI is InChI=1S/C8H17N3O2S/c1-2-14(12,13)11-5-3-4-7(6-11)8(9)10/h7H,2-6H2,1H3,(H3,9,10)/t7-/m1/s1. The van der Waals surface area contributed by atoms with Crippen LogP contribution in [0.1, 0.15) is 19.8 Å². The van der Waals surface area contributed by atoms with Crippen LogP contribution in [-0.4, -0.2) is 37.4 Å². The van der Waals surface area contributed by atoms with Crippen molar-refractivity contribution in [2.24, 2.45) is 11.7 Å². The second-order valence-corrected chi connectivity index (χ2v) is 5.81. The summed E-state index contributed by atoms with van der Waals surface area (Å²) in [6.45, 7) is 2.58. The van der Waals surface area contributed by atoms with Crippen LogP contribution in [0.5, 0.6) is 0 Å². The molecule has 0 bridgehead atoms. The first-order chi connectivity index (χ1) is 6.47. The van der Waals surface area contributed by atoms with E-state index in [2.05, 4.69) is 0 Å². The molecule has 5 nitrogen and oxygen atoms in total. The molecule has 6 heteroatoms. The zero-order valence-corrected chi connectivity index (χ0v) is 9.18. The SMILES string of the molecule is CCS(=O)(=O)N1CCC[C@@H](C(=N)N)C1. The molecule has 0 spiro atoms. The van der Waals surface area contributed by atoms with Crippen molar-refractivity contribution in [3.05, 3.63) is 0 Å². The minimum absolute atomic E-state index is 0.0925. The van der Waals surface area contributed by atoms with Crippen molar-refractivity contribution in [3.8, 4) is 0 Å². The van der Waals surface area contributed by atoms with E-state index in [0.717, 1.165) is 12.8 Å². The molecule has 0 unspecified atom stereocenters. The van der Waals surface area contributed by atoms with Crippen LogP contribution in [0.4, 0.5) is 0 Å². The molecule has 1 saturated heterocycles. The van der Waals surface area contributed by atoms with Gasteiger partial charge in [0.15, 0.2) is 0 Å². The van der Waals surface area contributed by atoms with Gasteiger partial charge in [0.25, 0.3) is 0 Å². The maximum atomic E-state index is 11.5. The van der Waals surface area contributed by atoms with Gasteiger partial charge in [-0.25, -0.2) is 12.7 Å². The predicted octanol–water partition coefficient (Wildman–Crippen LogP) is -0.0159. The monoisotopic (exact) mass is 219 g/mol. The van der Waals surface area contributed by atoms with E-state index in [-0.39, 0.29) is 17.5 Å². The molecular formula is C8H17N3O2S. The summed E-state index contributed by atoms with van der Waals surface area (Å²) in [5, 5.41) is 7.30. The van der Waals surface area contributed by atoms with Gasteiger partial charge in [0.1, 0.15) is 0 Å². The van der Waals surface area contributed by atoms with Crippen molar-refractivity contribution >= 4 is 15.9 Å². The third kappa shape index (κ3) is 2.45. The first-order valence-corrected chi connectivity index (χ1v) is 6.40. The quantitative estimate of drug-likeness (QED) is 0.516. The summed E-state index contributed by atoms with van der Waals surface area (Å²) < 4.78 is 24.5. The Balaban J connectivity index is 2.70. The fourth-order valence-electron chi connectivity index (χ4n) is 1.63.